The molecule has 0 spiro atoms. The Hall–Kier alpha value is -0.850. The van der Waals surface area contributed by atoms with Crippen molar-refractivity contribution in [2.45, 2.75) is 6.10 Å². The molecule has 0 aliphatic rings. The van der Waals surface area contributed by atoms with E-state index in [2.05, 4.69) is 31.9 Å². The van der Waals surface area contributed by atoms with Crippen LogP contribution in [0.4, 0.5) is 13.2 Å². The van der Waals surface area contributed by atoms with E-state index in [9.17, 15) is 18.3 Å². The van der Waals surface area contributed by atoms with Crippen LogP contribution in [0.15, 0.2) is 39.3 Å². The molecule has 0 aliphatic heterocycles. The van der Waals surface area contributed by atoms with Gasteiger partial charge in [0.2, 0.25) is 0 Å². The van der Waals surface area contributed by atoms with Gasteiger partial charge in [0.15, 0.2) is 0 Å². The number of hydrogen-bond acceptors (Lipinski definition) is 1. The first-order valence-corrected chi connectivity index (χ1v) is 6.77. The van der Waals surface area contributed by atoms with Gasteiger partial charge in [-0.2, -0.15) is 0 Å². The van der Waals surface area contributed by atoms with Crippen LogP contribution in [0.1, 0.15) is 17.2 Å². The quantitative estimate of drug-likeness (QED) is 0.730. The Labute approximate surface area is 124 Å². The van der Waals surface area contributed by atoms with Crippen molar-refractivity contribution in [3.63, 3.8) is 0 Å². The lowest BCUT2D eigenvalue weighted by molar-refractivity contribution is 0.203. The minimum atomic E-state index is -1.72. The number of aliphatic hydroxyl groups excluding tert-OH is 1. The second-order valence-corrected chi connectivity index (χ2v) is 5.60. The standard InChI is InChI=1S/C13H7Br2F3O/c14-6-1-2-7(10(17)5-6)13(19)11-9(16)4-3-8(15)12(11)18/h1-5,13,19H. The Balaban J connectivity index is 2.56. The molecule has 2 aromatic rings. The maximum absolute atomic E-state index is 13.8. The van der Waals surface area contributed by atoms with E-state index in [-0.39, 0.29) is 10.0 Å². The fourth-order valence-electron chi connectivity index (χ4n) is 1.67. The van der Waals surface area contributed by atoms with Crippen LogP contribution in [0.25, 0.3) is 0 Å². The first-order valence-electron chi connectivity index (χ1n) is 5.18. The zero-order chi connectivity index (χ0) is 14.2. The number of benzene rings is 2. The molecule has 19 heavy (non-hydrogen) atoms. The number of halogens is 5. The number of hydrogen-bond donors (Lipinski definition) is 1. The van der Waals surface area contributed by atoms with Crippen LogP contribution in [0.2, 0.25) is 0 Å². The highest BCUT2D eigenvalue weighted by atomic mass is 79.9. The van der Waals surface area contributed by atoms with Gasteiger partial charge in [0.1, 0.15) is 23.6 Å². The summed E-state index contributed by atoms with van der Waals surface area (Å²) in [6.45, 7) is 0. The van der Waals surface area contributed by atoms with Gasteiger partial charge in [-0.25, -0.2) is 13.2 Å². The second kappa shape index (κ2) is 5.64. The molecule has 0 bridgehead atoms. The summed E-state index contributed by atoms with van der Waals surface area (Å²) in [5.74, 6) is -2.63. The average molecular weight is 396 g/mol. The van der Waals surface area contributed by atoms with Gasteiger partial charge in [-0.15, -0.1) is 0 Å². The van der Waals surface area contributed by atoms with Crippen molar-refractivity contribution >= 4 is 31.9 Å². The molecule has 1 unspecified atom stereocenters. The van der Waals surface area contributed by atoms with Crippen LogP contribution < -0.4 is 0 Å². The molecule has 0 saturated heterocycles. The van der Waals surface area contributed by atoms with Crippen molar-refractivity contribution in [1.82, 2.24) is 0 Å². The van der Waals surface area contributed by atoms with Crippen LogP contribution in [0.3, 0.4) is 0 Å². The lowest BCUT2D eigenvalue weighted by Gasteiger charge is -2.15. The molecule has 2 rings (SSSR count). The third-order valence-electron chi connectivity index (χ3n) is 2.61. The van der Waals surface area contributed by atoms with E-state index in [4.69, 9.17) is 0 Å². The van der Waals surface area contributed by atoms with E-state index in [1.54, 1.807) is 0 Å². The van der Waals surface area contributed by atoms with Crippen LogP contribution in [0.5, 0.6) is 0 Å². The highest BCUT2D eigenvalue weighted by molar-refractivity contribution is 9.10. The minimum Gasteiger partial charge on any atom is -0.383 e. The fraction of sp³-hybridized carbons (Fsp3) is 0.0769. The summed E-state index contributed by atoms with van der Waals surface area (Å²) in [5, 5.41) is 9.99. The van der Waals surface area contributed by atoms with Gasteiger partial charge in [-0.3, -0.25) is 0 Å². The smallest absolute Gasteiger partial charge is 0.146 e. The third-order valence-corrected chi connectivity index (χ3v) is 3.72. The molecule has 0 fully saturated rings. The highest BCUT2D eigenvalue weighted by Crippen LogP contribution is 2.32. The zero-order valence-electron chi connectivity index (χ0n) is 9.30. The van der Waals surface area contributed by atoms with Gasteiger partial charge >= 0.3 is 0 Å². The van der Waals surface area contributed by atoms with E-state index in [0.29, 0.717) is 4.47 Å². The van der Waals surface area contributed by atoms with Crippen molar-refractivity contribution in [2.75, 3.05) is 0 Å². The molecule has 1 N–H and O–H groups in total. The molecule has 1 atom stereocenters. The summed E-state index contributed by atoms with van der Waals surface area (Å²) in [6, 6.07) is 6.05. The van der Waals surface area contributed by atoms with Crippen molar-refractivity contribution in [3.05, 3.63) is 67.9 Å². The third kappa shape index (κ3) is 2.85. The van der Waals surface area contributed by atoms with Crippen molar-refractivity contribution in [3.8, 4) is 0 Å². The maximum Gasteiger partial charge on any atom is 0.146 e. The lowest BCUT2D eigenvalue weighted by Crippen LogP contribution is -2.08. The molecular formula is C13H7Br2F3O. The van der Waals surface area contributed by atoms with Crippen LogP contribution in [-0.2, 0) is 0 Å². The van der Waals surface area contributed by atoms with Gasteiger partial charge in [-0.05, 0) is 40.2 Å². The van der Waals surface area contributed by atoms with E-state index >= 15 is 0 Å². The van der Waals surface area contributed by atoms with Gasteiger partial charge in [-0.1, -0.05) is 22.0 Å². The molecule has 0 aliphatic carbocycles. The van der Waals surface area contributed by atoms with Crippen molar-refractivity contribution in [1.29, 1.82) is 0 Å². The van der Waals surface area contributed by atoms with Gasteiger partial charge in [0, 0.05) is 10.0 Å². The number of rotatable bonds is 2. The molecule has 2 aromatic carbocycles. The Morgan fingerprint density at radius 3 is 2.26 bits per heavy atom. The largest absolute Gasteiger partial charge is 0.383 e. The summed E-state index contributed by atoms with van der Waals surface area (Å²) < 4.78 is 41.6. The normalized spacial score (nSPS) is 12.5. The van der Waals surface area contributed by atoms with Crippen molar-refractivity contribution in [2.24, 2.45) is 0 Å². The lowest BCUT2D eigenvalue weighted by atomic mass is 10.00. The first kappa shape index (κ1) is 14.6. The highest BCUT2D eigenvalue weighted by Gasteiger charge is 2.24. The van der Waals surface area contributed by atoms with E-state index in [1.807, 2.05) is 0 Å². The SMILES string of the molecule is OC(c1ccc(Br)cc1F)c1c(F)ccc(Br)c1F. The van der Waals surface area contributed by atoms with E-state index in [0.717, 1.165) is 12.1 Å². The molecule has 0 aromatic heterocycles. The van der Waals surface area contributed by atoms with E-state index < -0.39 is 29.1 Å². The summed E-state index contributed by atoms with van der Waals surface area (Å²) in [7, 11) is 0. The Bertz CT molecular complexity index is 632. The van der Waals surface area contributed by atoms with E-state index in [1.165, 1.54) is 18.2 Å². The second-order valence-electron chi connectivity index (χ2n) is 3.83. The molecule has 0 saturated carbocycles. The molecule has 100 valence electrons. The topological polar surface area (TPSA) is 20.2 Å². The Morgan fingerprint density at radius 1 is 0.947 bits per heavy atom. The predicted octanol–water partition coefficient (Wildman–Crippen LogP) is 4.71. The fourth-order valence-corrected chi connectivity index (χ4v) is 2.35. The summed E-state index contributed by atoms with van der Waals surface area (Å²) in [5.41, 5.74) is -0.783. The molecule has 0 radical (unpaired) electrons. The van der Waals surface area contributed by atoms with Crippen LogP contribution >= 0.6 is 31.9 Å². The molecule has 1 nitrogen and oxygen atoms in total. The molecular weight excluding hydrogens is 389 g/mol. The van der Waals surface area contributed by atoms with Gasteiger partial charge in [0.25, 0.3) is 0 Å². The molecule has 0 amide bonds. The average Bonchev–Trinajstić information content (AvgIpc) is 2.34. The van der Waals surface area contributed by atoms with Crippen LogP contribution in [0, 0.1) is 17.5 Å². The number of aliphatic hydroxyl groups is 1. The predicted molar refractivity (Wildman–Crippen MR) is 72.2 cm³/mol. The Kier molecular flexibility index (Phi) is 4.32. The first-order chi connectivity index (χ1) is 8.91. The van der Waals surface area contributed by atoms with Crippen molar-refractivity contribution < 1.29 is 18.3 Å². The summed E-state index contributed by atoms with van der Waals surface area (Å²) in [6.07, 6.45) is -1.72. The molecule has 6 heteroatoms. The van der Waals surface area contributed by atoms with Gasteiger partial charge in [0.05, 0.1) is 10.0 Å². The minimum absolute atomic E-state index is 0.000435. The summed E-state index contributed by atoms with van der Waals surface area (Å²) in [4.78, 5) is 0. The monoisotopic (exact) mass is 394 g/mol. The maximum atomic E-state index is 13.8. The molecule has 0 heterocycles. The Morgan fingerprint density at radius 2 is 1.63 bits per heavy atom. The van der Waals surface area contributed by atoms with Crippen LogP contribution in [-0.4, -0.2) is 5.11 Å². The summed E-state index contributed by atoms with van der Waals surface area (Å²) >= 11 is 5.96. The zero-order valence-corrected chi connectivity index (χ0v) is 12.5. The van der Waals surface area contributed by atoms with Gasteiger partial charge < -0.3 is 5.11 Å².